The molecule has 1 aliphatic rings. The van der Waals surface area contributed by atoms with E-state index in [2.05, 4.69) is 62.1 Å². The van der Waals surface area contributed by atoms with Gasteiger partial charge in [-0.05, 0) is 94.8 Å². The summed E-state index contributed by atoms with van der Waals surface area (Å²) in [5.41, 5.74) is 8.62. The maximum absolute atomic E-state index is 11.2. The Labute approximate surface area is 202 Å². The second kappa shape index (κ2) is 10.0. The van der Waals surface area contributed by atoms with Crippen molar-refractivity contribution in [1.29, 1.82) is 0 Å². The summed E-state index contributed by atoms with van der Waals surface area (Å²) in [5, 5.41) is 18.7. The van der Waals surface area contributed by atoms with Crippen molar-refractivity contribution in [2.75, 3.05) is 24.6 Å². The third-order valence-electron chi connectivity index (χ3n) is 6.74. The van der Waals surface area contributed by atoms with Crippen molar-refractivity contribution in [3.8, 4) is 22.3 Å². The van der Waals surface area contributed by atoms with Crippen LogP contribution in [0.5, 0.6) is 0 Å². The Morgan fingerprint density at radius 2 is 1.53 bits per heavy atom. The van der Waals surface area contributed by atoms with Gasteiger partial charge in [0.15, 0.2) is 0 Å². The second-order valence-corrected chi connectivity index (χ2v) is 10.3. The number of carboxylic acid groups (broad SMARTS) is 1. The fraction of sp³-hybridized carbons (Fsp3) is 0.367. The van der Waals surface area contributed by atoms with Crippen LogP contribution in [0, 0.1) is 0 Å². The Balaban J connectivity index is 1.80. The Morgan fingerprint density at radius 1 is 0.882 bits per heavy atom. The monoisotopic (exact) mass is 457 g/mol. The zero-order valence-electron chi connectivity index (χ0n) is 20.5. The number of anilines is 1. The molecule has 3 aromatic rings. The number of nitrogens with zero attached hydrogens (tertiary/aromatic N) is 1. The molecule has 34 heavy (non-hydrogen) atoms. The van der Waals surface area contributed by atoms with Gasteiger partial charge in [0.05, 0.1) is 5.56 Å². The molecule has 4 heteroatoms. The molecule has 0 unspecified atom stereocenters. The third kappa shape index (κ3) is 5.18. The van der Waals surface area contributed by atoms with Gasteiger partial charge in [-0.2, -0.15) is 0 Å². The van der Waals surface area contributed by atoms with Crippen LogP contribution in [-0.2, 0) is 11.8 Å². The Hall–Kier alpha value is -3.11. The highest BCUT2D eigenvalue weighted by Gasteiger charge is 2.24. The number of carboxylic acids is 1. The van der Waals surface area contributed by atoms with Crippen LogP contribution in [0.4, 0.5) is 5.69 Å². The Morgan fingerprint density at radius 3 is 2.15 bits per heavy atom. The van der Waals surface area contributed by atoms with E-state index in [1.165, 1.54) is 40.8 Å². The Kier molecular flexibility index (Phi) is 7.08. The summed E-state index contributed by atoms with van der Waals surface area (Å²) in [6.07, 6.45) is 4.03. The molecule has 0 amide bonds. The van der Waals surface area contributed by atoms with E-state index in [-0.39, 0.29) is 17.6 Å². The van der Waals surface area contributed by atoms with Crippen LogP contribution in [0.1, 0.15) is 61.5 Å². The van der Waals surface area contributed by atoms with E-state index in [9.17, 15) is 15.0 Å². The number of aliphatic hydroxyl groups is 1. The summed E-state index contributed by atoms with van der Waals surface area (Å²) in [6.45, 7) is 9.23. The minimum Gasteiger partial charge on any atom is -0.478 e. The topological polar surface area (TPSA) is 60.8 Å². The predicted octanol–water partition coefficient (Wildman–Crippen LogP) is 6.54. The van der Waals surface area contributed by atoms with Crippen LogP contribution in [0.15, 0.2) is 60.7 Å². The molecule has 0 aliphatic carbocycles. The minimum absolute atomic E-state index is 0.0173. The van der Waals surface area contributed by atoms with Gasteiger partial charge < -0.3 is 15.1 Å². The number of hydrogen-bond acceptors (Lipinski definition) is 3. The number of aromatic carboxylic acids is 1. The zero-order chi connectivity index (χ0) is 24.3. The van der Waals surface area contributed by atoms with Crippen molar-refractivity contribution < 1.29 is 15.0 Å². The van der Waals surface area contributed by atoms with E-state index in [1.807, 2.05) is 12.1 Å². The molecule has 1 saturated heterocycles. The maximum Gasteiger partial charge on any atom is 0.335 e. The molecular weight excluding hydrogens is 422 g/mol. The molecule has 1 fully saturated rings. The molecule has 2 N–H and O–H groups in total. The van der Waals surface area contributed by atoms with Gasteiger partial charge in [-0.1, -0.05) is 51.1 Å². The summed E-state index contributed by atoms with van der Waals surface area (Å²) in [5.74, 6) is -0.917. The van der Waals surface area contributed by atoms with E-state index in [4.69, 9.17) is 0 Å². The average molecular weight is 458 g/mol. The first-order valence-corrected chi connectivity index (χ1v) is 12.3. The minimum atomic E-state index is -0.917. The summed E-state index contributed by atoms with van der Waals surface area (Å²) < 4.78 is 0. The van der Waals surface area contributed by atoms with Gasteiger partial charge in [0.2, 0.25) is 0 Å². The van der Waals surface area contributed by atoms with Crippen LogP contribution < -0.4 is 4.90 Å². The first-order valence-electron chi connectivity index (χ1n) is 12.3. The van der Waals surface area contributed by atoms with E-state index >= 15 is 0 Å². The van der Waals surface area contributed by atoms with Crippen LogP contribution in [0.3, 0.4) is 0 Å². The highest BCUT2D eigenvalue weighted by molar-refractivity contribution is 5.88. The lowest BCUT2D eigenvalue weighted by molar-refractivity contribution is 0.0697. The lowest BCUT2D eigenvalue weighted by Gasteiger charge is -2.29. The number of hydrogen-bond donors (Lipinski definition) is 2. The smallest absolute Gasteiger partial charge is 0.335 e. The van der Waals surface area contributed by atoms with Gasteiger partial charge in [0, 0.05) is 25.4 Å². The zero-order valence-corrected chi connectivity index (χ0v) is 20.5. The highest BCUT2D eigenvalue weighted by atomic mass is 16.4. The van der Waals surface area contributed by atoms with Crippen LogP contribution in [0.25, 0.3) is 22.3 Å². The highest BCUT2D eigenvalue weighted by Crippen LogP contribution is 2.39. The van der Waals surface area contributed by atoms with Gasteiger partial charge >= 0.3 is 5.97 Å². The number of aryl methyl sites for hydroxylation is 1. The molecule has 4 rings (SSSR count). The largest absolute Gasteiger partial charge is 0.478 e. The fourth-order valence-electron chi connectivity index (χ4n) is 4.86. The third-order valence-corrected chi connectivity index (χ3v) is 6.74. The van der Waals surface area contributed by atoms with Crippen molar-refractivity contribution in [3.05, 3.63) is 77.4 Å². The summed E-state index contributed by atoms with van der Waals surface area (Å²) in [7, 11) is 0. The molecule has 0 saturated carbocycles. The molecule has 0 bridgehead atoms. The van der Waals surface area contributed by atoms with Gasteiger partial charge in [0.1, 0.15) is 0 Å². The summed E-state index contributed by atoms with van der Waals surface area (Å²) in [4.78, 5) is 13.8. The molecule has 1 aliphatic heterocycles. The van der Waals surface area contributed by atoms with Crippen molar-refractivity contribution in [2.45, 2.75) is 51.9 Å². The fourth-order valence-corrected chi connectivity index (χ4v) is 4.86. The molecule has 0 atom stereocenters. The van der Waals surface area contributed by atoms with E-state index in [0.717, 1.165) is 37.1 Å². The van der Waals surface area contributed by atoms with Crippen LogP contribution in [0.2, 0.25) is 0 Å². The number of rotatable bonds is 7. The molecule has 3 aromatic carbocycles. The van der Waals surface area contributed by atoms with Gasteiger partial charge in [-0.25, -0.2) is 4.79 Å². The van der Waals surface area contributed by atoms with Crippen molar-refractivity contribution >= 4 is 11.7 Å². The lowest BCUT2D eigenvalue weighted by Crippen LogP contribution is -2.23. The number of carbonyl (C=O) groups is 1. The maximum atomic E-state index is 11.2. The first kappa shape index (κ1) is 24.0. The van der Waals surface area contributed by atoms with Crippen molar-refractivity contribution in [3.63, 3.8) is 0 Å². The standard InChI is InChI=1S/C30H35NO3/c1-30(2,3)27-20-25(14-15-28(27)31-16-4-5-17-31)26-19-24(13-10-22(26)7-6-18-32)21-8-11-23(12-9-21)29(33)34/h8-15,19-20,32H,4-7,16-18H2,1-3H3,(H,33,34). The summed E-state index contributed by atoms with van der Waals surface area (Å²) >= 11 is 0. The van der Waals surface area contributed by atoms with Crippen LogP contribution in [-0.4, -0.2) is 35.9 Å². The van der Waals surface area contributed by atoms with Crippen molar-refractivity contribution in [2.24, 2.45) is 0 Å². The number of benzene rings is 3. The van der Waals surface area contributed by atoms with E-state index in [0.29, 0.717) is 0 Å². The van der Waals surface area contributed by atoms with Gasteiger partial charge in [-0.3, -0.25) is 0 Å². The van der Waals surface area contributed by atoms with E-state index in [1.54, 1.807) is 12.1 Å². The van der Waals surface area contributed by atoms with Gasteiger partial charge in [0.25, 0.3) is 0 Å². The summed E-state index contributed by atoms with van der Waals surface area (Å²) in [6, 6.07) is 20.4. The Bertz CT molecular complexity index is 1150. The van der Waals surface area contributed by atoms with Crippen molar-refractivity contribution in [1.82, 2.24) is 0 Å². The second-order valence-electron chi connectivity index (χ2n) is 10.3. The first-order chi connectivity index (χ1) is 16.3. The molecule has 0 spiro atoms. The molecule has 1 heterocycles. The van der Waals surface area contributed by atoms with E-state index < -0.39 is 5.97 Å². The molecular formula is C30H35NO3. The van der Waals surface area contributed by atoms with Gasteiger partial charge in [-0.15, -0.1) is 0 Å². The predicted molar refractivity (Wildman–Crippen MR) is 140 cm³/mol. The van der Waals surface area contributed by atoms with Crippen LogP contribution >= 0.6 is 0 Å². The molecule has 178 valence electrons. The number of aliphatic hydroxyl groups excluding tert-OH is 1. The normalized spacial score (nSPS) is 13.9. The molecule has 0 aromatic heterocycles. The lowest BCUT2D eigenvalue weighted by atomic mass is 9.82. The molecule has 4 nitrogen and oxygen atoms in total. The average Bonchev–Trinajstić information content (AvgIpc) is 3.37. The quantitative estimate of drug-likeness (QED) is 0.423. The molecule has 0 radical (unpaired) electrons. The SMILES string of the molecule is CC(C)(C)c1cc(-c2cc(-c3ccc(C(=O)O)cc3)ccc2CCCO)ccc1N1CCCC1.